The van der Waals surface area contributed by atoms with Gasteiger partial charge >= 0.3 is 0 Å². The average molecular weight is 207 g/mol. The van der Waals surface area contributed by atoms with E-state index in [9.17, 15) is 4.21 Å². The van der Waals surface area contributed by atoms with Crippen LogP contribution in [0.4, 0.5) is 0 Å². The molecule has 1 atom stereocenters. The molecule has 13 heavy (non-hydrogen) atoms. The summed E-state index contributed by atoms with van der Waals surface area (Å²) in [5.74, 6) is 1.32. The van der Waals surface area contributed by atoms with Gasteiger partial charge in [-0.3, -0.25) is 4.21 Å². The van der Waals surface area contributed by atoms with Gasteiger partial charge in [-0.1, -0.05) is 0 Å². The first-order valence-electron chi connectivity index (χ1n) is 4.58. The van der Waals surface area contributed by atoms with E-state index >= 15 is 0 Å². The van der Waals surface area contributed by atoms with Crippen molar-refractivity contribution in [3.8, 4) is 0 Å². The zero-order valence-corrected chi connectivity index (χ0v) is 9.65. The van der Waals surface area contributed by atoms with E-state index in [1.807, 2.05) is 13.8 Å². The number of hydrogen-bond donors (Lipinski definition) is 1. The third-order valence-electron chi connectivity index (χ3n) is 1.50. The van der Waals surface area contributed by atoms with E-state index in [0.717, 1.165) is 25.2 Å². The average Bonchev–Trinajstić information content (AvgIpc) is 1.94. The monoisotopic (exact) mass is 207 g/mol. The minimum Gasteiger partial charge on any atom is -0.385 e. The fraction of sp³-hybridized carbons (Fsp3) is 1.00. The summed E-state index contributed by atoms with van der Waals surface area (Å²) in [6.45, 7) is 4.56. The van der Waals surface area contributed by atoms with Gasteiger partial charge < -0.3 is 10.5 Å². The van der Waals surface area contributed by atoms with Gasteiger partial charge in [-0.05, 0) is 26.7 Å². The van der Waals surface area contributed by atoms with E-state index in [0.29, 0.717) is 5.75 Å². The molecule has 0 aromatic rings. The van der Waals surface area contributed by atoms with Crippen LogP contribution in [0, 0.1) is 0 Å². The van der Waals surface area contributed by atoms with E-state index in [2.05, 4.69) is 0 Å². The number of methoxy groups -OCH3 is 1. The van der Waals surface area contributed by atoms with Gasteiger partial charge in [0.1, 0.15) is 0 Å². The summed E-state index contributed by atoms with van der Waals surface area (Å²) in [6, 6.07) is 0. The Morgan fingerprint density at radius 3 is 2.46 bits per heavy atom. The maximum absolute atomic E-state index is 11.4. The van der Waals surface area contributed by atoms with Gasteiger partial charge in [-0.25, -0.2) is 0 Å². The third-order valence-corrected chi connectivity index (χ3v) is 3.31. The van der Waals surface area contributed by atoms with Crippen LogP contribution in [0.1, 0.15) is 26.7 Å². The lowest BCUT2D eigenvalue weighted by atomic mass is 10.1. The molecule has 0 bridgehead atoms. The first-order chi connectivity index (χ1) is 5.95. The van der Waals surface area contributed by atoms with Crippen molar-refractivity contribution in [3.05, 3.63) is 0 Å². The van der Waals surface area contributed by atoms with Gasteiger partial charge in [0.15, 0.2) is 0 Å². The Morgan fingerprint density at radius 2 is 2.00 bits per heavy atom. The fourth-order valence-electron chi connectivity index (χ4n) is 0.997. The van der Waals surface area contributed by atoms with Crippen LogP contribution in [0.2, 0.25) is 0 Å². The predicted molar refractivity (Wildman–Crippen MR) is 57.3 cm³/mol. The summed E-state index contributed by atoms with van der Waals surface area (Å²) in [5.41, 5.74) is 5.44. The first kappa shape index (κ1) is 13.1. The highest BCUT2D eigenvalue weighted by Crippen LogP contribution is 2.02. The van der Waals surface area contributed by atoms with Crippen LogP contribution in [0.5, 0.6) is 0 Å². The summed E-state index contributed by atoms with van der Waals surface area (Å²) >= 11 is 0. The zero-order chi connectivity index (χ0) is 10.3. The van der Waals surface area contributed by atoms with Gasteiger partial charge in [0.25, 0.3) is 0 Å². The second-order valence-corrected chi connectivity index (χ2v) is 5.55. The molecule has 0 aliphatic rings. The molecule has 2 N–H and O–H groups in total. The first-order valence-corrected chi connectivity index (χ1v) is 6.07. The van der Waals surface area contributed by atoms with Crippen LogP contribution in [0.3, 0.4) is 0 Å². The van der Waals surface area contributed by atoms with Crippen molar-refractivity contribution in [2.45, 2.75) is 32.2 Å². The summed E-state index contributed by atoms with van der Waals surface area (Å²) in [4.78, 5) is 0. The largest absolute Gasteiger partial charge is 0.385 e. The number of rotatable bonds is 7. The molecule has 3 nitrogen and oxygen atoms in total. The van der Waals surface area contributed by atoms with Crippen molar-refractivity contribution in [1.82, 2.24) is 0 Å². The van der Waals surface area contributed by atoms with Crippen LogP contribution in [0.15, 0.2) is 0 Å². The molecule has 1 unspecified atom stereocenters. The zero-order valence-electron chi connectivity index (χ0n) is 8.84. The van der Waals surface area contributed by atoms with Crippen molar-refractivity contribution < 1.29 is 8.95 Å². The second-order valence-electron chi connectivity index (χ2n) is 3.98. The van der Waals surface area contributed by atoms with Crippen LogP contribution >= 0.6 is 0 Å². The highest BCUT2D eigenvalue weighted by Gasteiger charge is 2.14. The topological polar surface area (TPSA) is 52.3 Å². The van der Waals surface area contributed by atoms with Crippen molar-refractivity contribution in [1.29, 1.82) is 0 Å². The molecule has 0 rings (SSSR count). The van der Waals surface area contributed by atoms with Gasteiger partial charge in [-0.15, -0.1) is 0 Å². The van der Waals surface area contributed by atoms with Crippen LogP contribution in [-0.2, 0) is 15.5 Å². The number of hydrogen-bond acceptors (Lipinski definition) is 3. The smallest absolute Gasteiger partial charge is 0.0462 e. The molecule has 0 radical (unpaired) electrons. The highest BCUT2D eigenvalue weighted by atomic mass is 32.2. The summed E-state index contributed by atoms with van der Waals surface area (Å²) in [7, 11) is 0.907. The van der Waals surface area contributed by atoms with Gasteiger partial charge in [0.05, 0.1) is 0 Å². The molecule has 0 heterocycles. The minimum atomic E-state index is -0.774. The molecule has 0 aliphatic heterocycles. The van der Waals surface area contributed by atoms with E-state index in [4.69, 9.17) is 10.5 Å². The standard InChI is InChI=1S/C9H21NO2S/c1-9(2,10)8-13(11)7-5-4-6-12-3/h4-8,10H2,1-3H3. The minimum absolute atomic E-state index is 0.313. The molecule has 4 heteroatoms. The molecule has 0 saturated heterocycles. The Bertz CT molecular complexity index is 154. The Balaban J connectivity index is 3.41. The highest BCUT2D eigenvalue weighted by molar-refractivity contribution is 7.85. The summed E-state index contributed by atoms with van der Waals surface area (Å²) in [6.07, 6.45) is 1.93. The molecule has 0 amide bonds. The quantitative estimate of drug-likeness (QED) is 0.631. The van der Waals surface area contributed by atoms with Crippen LogP contribution in [-0.4, -0.2) is 35.0 Å². The molecule has 0 aromatic heterocycles. The predicted octanol–water partition coefficient (Wildman–Crippen LogP) is 0.899. The van der Waals surface area contributed by atoms with E-state index in [1.54, 1.807) is 7.11 Å². The molecular formula is C9H21NO2S. The van der Waals surface area contributed by atoms with Gasteiger partial charge in [-0.2, -0.15) is 0 Å². The Labute approximate surface area is 83.5 Å². The Hall–Kier alpha value is 0.0700. The lowest BCUT2D eigenvalue weighted by Crippen LogP contribution is -2.38. The van der Waals surface area contributed by atoms with Crippen molar-refractivity contribution in [3.63, 3.8) is 0 Å². The normalized spacial score (nSPS) is 14.5. The van der Waals surface area contributed by atoms with E-state index in [-0.39, 0.29) is 5.54 Å². The molecule has 0 fully saturated rings. The molecule has 0 saturated carbocycles. The maximum atomic E-state index is 11.4. The van der Waals surface area contributed by atoms with Gasteiger partial charge in [0.2, 0.25) is 0 Å². The maximum Gasteiger partial charge on any atom is 0.0462 e. The summed E-state index contributed by atoms with van der Waals surface area (Å²) in [5, 5.41) is 0. The number of unbranched alkanes of at least 4 members (excludes halogenated alkanes) is 1. The van der Waals surface area contributed by atoms with Crippen LogP contribution in [0.25, 0.3) is 0 Å². The molecule has 0 spiro atoms. The Morgan fingerprint density at radius 1 is 1.38 bits per heavy atom. The number of nitrogens with two attached hydrogens (primary N) is 1. The Kier molecular flexibility index (Phi) is 6.55. The van der Waals surface area contributed by atoms with Crippen molar-refractivity contribution >= 4 is 10.8 Å². The molecule has 80 valence electrons. The van der Waals surface area contributed by atoms with Crippen LogP contribution < -0.4 is 5.73 Å². The second kappa shape index (κ2) is 6.51. The van der Waals surface area contributed by atoms with Crippen molar-refractivity contribution in [2.24, 2.45) is 5.73 Å². The van der Waals surface area contributed by atoms with Gasteiger partial charge in [0, 0.05) is 41.6 Å². The molecule has 0 aromatic carbocycles. The number of ether oxygens (including phenoxy) is 1. The lowest BCUT2D eigenvalue weighted by molar-refractivity contribution is 0.194. The summed E-state index contributed by atoms with van der Waals surface area (Å²) < 4.78 is 16.3. The molecule has 0 aliphatic carbocycles. The lowest BCUT2D eigenvalue weighted by Gasteiger charge is -2.17. The van der Waals surface area contributed by atoms with E-state index < -0.39 is 10.8 Å². The SMILES string of the molecule is COCCCCS(=O)CC(C)(C)N. The van der Waals surface area contributed by atoms with E-state index in [1.165, 1.54) is 0 Å². The fourth-order valence-corrected chi connectivity index (χ4v) is 2.50. The van der Waals surface area contributed by atoms with Crippen molar-refractivity contribution in [2.75, 3.05) is 25.2 Å². The molecular weight excluding hydrogens is 186 g/mol. The third kappa shape index (κ3) is 9.99.